The van der Waals surface area contributed by atoms with Crippen molar-refractivity contribution in [2.24, 2.45) is 0 Å². The van der Waals surface area contributed by atoms with Gasteiger partial charge in [-0.15, -0.1) is 0 Å². The molecule has 0 amide bonds. The average molecular weight is 356 g/mol. The van der Waals surface area contributed by atoms with Gasteiger partial charge in [0.15, 0.2) is 12.1 Å². The minimum absolute atomic E-state index is 0.675. The van der Waals surface area contributed by atoms with E-state index < -0.39 is 74.1 Å². The van der Waals surface area contributed by atoms with Gasteiger partial charge in [-0.1, -0.05) is 0 Å². The predicted molar refractivity (Wildman–Crippen MR) is 73.2 cm³/mol. The molecule has 8 N–H and O–H groups in total. The summed E-state index contributed by atoms with van der Waals surface area (Å²) >= 11 is 0. The first-order valence-corrected chi connectivity index (χ1v) is 7.47. The van der Waals surface area contributed by atoms with Crippen LogP contribution in [0.2, 0.25) is 0 Å². The zero-order valence-electron chi connectivity index (χ0n) is 12.9. The summed E-state index contributed by atoms with van der Waals surface area (Å²) in [5, 5.41) is 77.4. The van der Waals surface area contributed by atoms with Gasteiger partial charge in [-0.3, -0.25) is 0 Å². The third-order valence-electron chi connectivity index (χ3n) is 4.36. The molecule has 2 saturated heterocycles. The normalized spacial score (nSPS) is 53.1. The number of aliphatic hydroxyl groups is 8. The van der Waals surface area contributed by atoms with Crippen LogP contribution in [0.4, 0.5) is 0 Å². The highest BCUT2D eigenvalue weighted by molar-refractivity contribution is 4.96. The standard InChI is InChI=1S/C13H24O11/c1-13(11(21)9(19)7(17)5(3-15)23-13)24-12-10(20)8(18)6(16)4(2-14)22-12/h4-12,14-21H,2-3H2,1H3. The molecule has 0 spiro atoms. The summed E-state index contributed by atoms with van der Waals surface area (Å²) in [6, 6.07) is 0. The van der Waals surface area contributed by atoms with Gasteiger partial charge in [0.2, 0.25) is 0 Å². The molecular formula is C13H24O11. The molecule has 11 heteroatoms. The summed E-state index contributed by atoms with van der Waals surface area (Å²) in [5.74, 6) is -2.01. The Bertz CT molecular complexity index is 419. The lowest BCUT2D eigenvalue weighted by atomic mass is 9.93. The zero-order chi connectivity index (χ0) is 18.2. The van der Waals surface area contributed by atoms with Gasteiger partial charge in [-0.2, -0.15) is 0 Å². The molecule has 0 bridgehead atoms. The van der Waals surface area contributed by atoms with E-state index in [-0.39, 0.29) is 0 Å². The van der Waals surface area contributed by atoms with Gasteiger partial charge in [0, 0.05) is 0 Å². The second-order valence-electron chi connectivity index (χ2n) is 6.10. The van der Waals surface area contributed by atoms with Gasteiger partial charge in [-0.25, -0.2) is 0 Å². The summed E-state index contributed by atoms with van der Waals surface area (Å²) in [7, 11) is 0. The maximum absolute atomic E-state index is 10.1. The van der Waals surface area contributed by atoms with Gasteiger partial charge in [0.05, 0.1) is 13.2 Å². The fourth-order valence-electron chi connectivity index (χ4n) is 2.79. The van der Waals surface area contributed by atoms with E-state index in [1.54, 1.807) is 0 Å². The van der Waals surface area contributed by atoms with Crippen molar-refractivity contribution in [1.82, 2.24) is 0 Å². The Morgan fingerprint density at radius 1 is 0.792 bits per heavy atom. The monoisotopic (exact) mass is 356 g/mol. The van der Waals surface area contributed by atoms with Crippen LogP contribution in [0.15, 0.2) is 0 Å². The summed E-state index contributed by atoms with van der Waals surface area (Å²) in [5.41, 5.74) is 0. The quantitative estimate of drug-likeness (QED) is 0.241. The molecule has 2 rings (SSSR count). The van der Waals surface area contributed by atoms with Crippen LogP contribution in [0.3, 0.4) is 0 Å². The second-order valence-corrected chi connectivity index (χ2v) is 6.10. The van der Waals surface area contributed by atoms with Crippen molar-refractivity contribution in [2.45, 2.75) is 67.8 Å². The molecule has 11 nitrogen and oxygen atoms in total. The molecule has 0 aromatic rings. The van der Waals surface area contributed by atoms with Gasteiger partial charge in [0.25, 0.3) is 0 Å². The third-order valence-corrected chi connectivity index (χ3v) is 4.36. The molecule has 142 valence electrons. The summed E-state index contributed by atoms with van der Waals surface area (Å²) in [6.45, 7) is -0.180. The maximum atomic E-state index is 10.1. The first-order chi connectivity index (χ1) is 11.2. The van der Waals surface area contributed by atoms with Crippen LogP contribution in [0.1, 0.15) is 6.92 Å². The molecule has 24 heavy (non-hydrogen) atoms. The van der Waals surface area contributed by atoms with E-state index in [0.717, 1.165) is 0 Å². The van der Waals surface area contributed by atoms with E-state index in [1.165, 1.54) is 6.92 Å². The lowest BCUT2D eigenvalue weighted by Crippen LogP contribution is -2.68. The summed E-state index contributed by atoms with van der Waals surface area (Å²) in [6.07, 6.45) is -14.2. The first kappa shape index (κ1) is 19.9. The molecule has 2 fully saturated rings. The number of ether oxygens (including phenoxy) is 3. The van der Waals surface area contributed by atoms with Crippen LogP contribution in [-0.2, 0) is 14.2 Å². The SMILES string of the molecule is CC1(OC2OC(CO)C(O)C(O)C2O)OC(CO)C(O)C(O)C1O. The minimum atomic E-state index is -2.01. The molecule has 10 unspecified atom stereocenters. The molecule has 10 atom stereocenters. The lowest BCUT2D eigenvalue weighted by Gasteiger charge is -2.49. The van der Waals surface area contributed by atoms with E-state index in [4.69, 9.17) is 19.3 Å². The van der Waals surface area contributed by atoms with Gasteiger partial charge >= 0.3 is 0 Å². The number of rotatable bonds is 4. The van der Waals surface area contributed by atoms with E-state index in [2.05, 4.69) is 0 Å². The number of aliphatic hydroxyl groups excluding tert-OH is 8. The van der Waals surface area contributed by atoms with Crippen molar-refractivity contribution in [3.63, 3.8) is 0 Å². The Morgan fingerprint density at radius 2 is 1.33 bits per heavy atom. The smallest absolute Gasteiger partial charge is 0.197 e. The highest BCUT2D eigenvalue weighted by Crippen LogP contribution is 2.34. The summed E-state index contributed by atoms with van der Waals surface area (Å²) in [4.78, 5) is 0. The lowest BCUT2D eigenvalue weighted by molar-refractivity contribution is -0.416. The third kappa shape index (κ3) is 3.43. The van der Waals surface area contributed by atoms with Crippen LogP contribution in [0.25, 0.3) is 0 Å². The molecule has 2 heterocycles. The molecule has 2 aliphatic heterocycles. The average Bonchev–Trinajstić information content (AvgIpc) is 2.57. The van der Waals surface area contributed by atoms with Crippen LogP contribution in [0.5, 0.6) is 0 Å². The van der Waals surface area contributed by atoms with Crippen molar-refractivity contribution in [3.8, 4) is 0 Å². The molecule has 0 saturated carbocycles. The fraction of sp³-hybridized carbons (Fsp3) is 1.00. The molecule has 0 aliphatic carbocycles. The fourth-order valence-corrected chi connectivity index (χ4v) is 2.79. The van der Waals surface area contributed by atoms with Crippen molar-refractivity contribution < 1.29 is 55.1 Å². The van der Waals surface area contributed by atoms with Gasteiger partial charge in [0.1, 0.15) is 48.8 Å². The Kier molecular flexibility index (Phi) is 6.16. The number of hydrogen-bond donors (Lipinski definition) is 8. The molecule has 2 aliphatic rings. The highest BCUT2D eigenvalue weighted by Gasteiger charge is 2.55. The molecule has 0 aromatic carbocycles. The van der Waals surface area contributed by atoms with Crippen LogP contribution in [-0.4, -0.2) is 115 Å². The molecule has 0 aromatic heterocycles. The minimum Gasteiger partial charge on any atom is -0.394 e. The van der Waals surface area contributed by atoms with Crippen molar-refractivity contribution in [1.29, 1.82) is 0 Å². The first-order valence-electron chi connectivity index (χ1n) is 7.47. The van der Waals surface area contributed by atoms with Crippen LogP contribution in [0, 0.1) is 0 Å². The van der Waals surface area contributed by atoms with Crippen molar-refractivity contribution in [3.05, 3.63) is 0 Å². The Morgan fingerprint density at radius 3 is 1.88 bits per heavy atom. The molecule has 0 radical (unpaired) electrons. The van der Waals surface area contributed by atoms with E-state index in [1.807, 2.05) is 0 Å². The zero-order valence-corrected chi connectivity index (χ0v) is 12.9. The van der Waals surface area contributed by atoms with Crippen molar-refractivity contribution in [2.75, 3.05) is 13.2 Å². The van der Waals surface area contributed by atoms with E-state index in [9.17, 15) is 35.7 Å². The maximum Gasteiger partial charge on any atom is 0.197 e. The van der Waals surface area contributed by atoms with E-state index in [0.29, 0.717) is 0 Å². The topological polar surface area (TPSA) is 190 Å². The second kappa shape index (κ2) is 7.43. The predicted octanol–water partition coefficient (Wildman–Crippen LogP) is -5.01. The summed E-state index contributed by atoms with van der Waals surface area (Å²) < 4.78 is 15.8. The van der Waals surface area contributed by atoms with Crippen LogP contribution >= 0.6 is 0 Å². The largest absolute Gasteiger partial charge is 0.394 e. The molecular weight excluding hydrogens is 332 g/mol. The van der Waals surface area contributed by atoms with Crippen molar-refractivity contribution >= 4 is 0 Å². The Labute approximate surface area is 137 Å². The van der Waals surface area contributed by atoms with E-state index >= 15 is 0 Å². The highest BCUT2D eigenvalue weighted by atomic mass is 16.8. The Balaban J connectivity index is 2.18. The van der Waals surface area contributed by atoms with Gasteiger partial charge in [-0.05, 0) is 6.92 Å². The number of hydrogen-bond acceptors (Lipinski definition) is 11. The van der Waals surface area contributed by atoms with Gasteiger partial charge < -0.3 is 55.1 Å². The Hall–Kier alpha value is -0.440. The van der Waals surface area contributed by atoms with Crippen LogP contribution < -0.4 is 0 Å².